The molecule has 1 N–H and O–H groups in total. The van der Waals surface area contributed by atoms with Crippen molar-refractivity contribution in [2.75, 3.05) is 6.54 Å². The predicted octanol–water partition coefficient (Wildman–Crippen LogP) is 1.71. The second kappa shape index (κ2) is 5.42. The van der Waals surface area contributed by atoms with Gasteiger partial charge in [-0.3, -0.25) is 0 Å². The van der Waals surface area contributed by atoms with E-state index < -0.39 is 0 Å². The summed E-state index contributed by atoms with van der Waals surface area (Å²) in [7, 11) is 0. The fraction of sp³-hybridized carbons (Fsp3) is 0.333. The summed E-state index contributed by atoms with van der Waals surface area (Å²) in [6.45, 7) is 3.83. The highest BCUT2D eigenvalue weighted by atomic mass is 16.5. The highest BCUT2D eigenvalue weighted by Gasteiger charge is 1.97. The zero-order valence-electron chi connectivity index (χ0n) is 9.31. The molecular weight excluding hydrogens is 202 g/mol. The lowest BCUT2D eigenvalue weighted by Crippen LogP contribution is -2.17. The normalized spacial score (nSPS) is 10.6. The van der Waals surface area contributed by atoms with Crippen LogP contribution in [0.25, 0.3) is 0 Å². The molecule has 16 heavy (non-hydrogen) atoms. The average Bonchev–Trinajstić information content (AvgIpc) is 2.77. The summed E-state index contributed by atoms with van der Waals surface area (Å²) in [6.07, 6.45) is 2.15. The maximum Gasteiger partial charge on any atom is 0.213 e. The number of benzene rings is 1. The molecule has 4 nitrogen and oxygen atoms in total. The fourth-order valence-electron chi connectivity index (χ4n) is 1.56. The van der Waals surface area contributed by atoms with Crippen LogP contribution in [0.2, 0.25) is 0 Å². The molecule has 0 aliphatic heterocycles. The van der Waals surface area contributed by atoms with Crippen molar-refractivity contribution in [3.8, 4) is 0 Å². The van der Waals surface area contributed by atoms with E-state index in [1.807, 2.05) is 0 Å². The summed E-state index contributed by atoms with van der Waals surface area (Å²) in [5, 5.41) is 7.09. The molecule has 0 bridgehead atoms. The molecule has 0 atom stereocenters. The SMILES string of the molecule is Cc1cccc(CNCCc2ncon2)c1. The van der Waals surface area contributed by atoms with Crippen molar-refractivity contribution in [1.29, 1.82) is 0 Å². The summed E-state index contributed by atoms with van der Waals surface area (Å²) in [5.41, 5.74) is 2.59. The maximum absolute atomic E-state index is 4.66. The van der Waals surface area contributed by atoms with Crippen LogP contribution in [0.4, 0.5) is 0 Å². The Hall–Kier alpha value is -1.68. The standard InChI is InChI=1S/C12H15N3O/c1-10-3-2-4-11(7-10)8-13-6-5-12-14-9-16-15-12/h2-4,7,9,13H,5-6,8H2,1H3. The molecule has 0 radical (unpaired) electrons. The molecule has 2 rings (SSSR count). The van der Waals surface area contributed by atoms with E-state index in [4.69, 9.17) is 0 Å². The molecule has 0 unspecified atom stereocenters. The van der Waals surface area contributed by atoms with Gasteiger partial charge in [-0.1, -0.05) is 35.0 Å². The van der Waals surface area contributed by atoms with Crippen LogP contribution in [-0.4, -0.2) is 16.7 Å². The Morgan fingerprint density at radius 3 is 3.06 bits per heavy atom. The molecule has 0 saturated heterocycles. The van der Waals surface area contributed by atoms with Gasteiger partial charge in [-0.25, -0.2) is 0 Å². The van der Waals surface area contributed by atoms with Crippen molar-refractivity contribution in [3.05, 3.63) is 47.6 Å². The summed E-state index contributed by atoms with van der Waals surface area (Å²) in [4.78, 5) is 3.96. The van der Waals surface area contributed by atoms with E-state index >= 15 is 0 Å². The molecule has 0 amide bonds. The van der Waals surface area contributed by atoms with Gasteiger partial charge in [0.05, 0.1) is 0 Å². The van der Waals surface area contributed by atoms with E-state index in [0.29, 0.717) is 0 Å². The van der Waals surface area contributed by atoms with Crippen LogP contribution in [0.3, 0.4) is 0 Å². The van der Waals surface area contributed by atoms with Crippen LogP contribution in [0.15, 0.2) is 35.2 Å². The lowest BCUT2D eigenvalue weighted by molar-refractivity contribution is 0.409. The summed E-state index contributed by atoms with van der Waals surface area (Å²) in [5.74, 6) is 0.747. The molecule has 2 aromatic rings. The first-order chi connectivity index (χ1) is 7.84. The van der Waals surface area contributed by atoms with E-state index in [1.165, 1.54) is 17.5 Å². The Labute approximate surface area is 94.7 Å². The van der Waals surface area contributed by atoms with Crippen molar-refractivity contribution in [2.45, 2.75) is 19.9 Å². The van der Waals surface area contributed by atoms with E-state index in [9.17, 15) is 0 Å². The number of hydrogen-bond acceptors (Lipinski definition) is 4. The Morgan fingerprint density at radius 2 is 2.31 bits per heavy atom. The minimum absolute atomic E-state index is 0.747. The highest BCUT2D eigenvalue weighted by molar-refractivity contribution is 5.21. The van der Waals surface area contributed by atoms with Gasteiger partial charge in [-0.15, -0.1) is 0 Å². The Kier molecular flexibility index (Phi) is 3.66. The lowest BCUT2D eigenvalue weighted by Gasteiger charge is -2.03. The Balaban J connectivity index is 1.72. The molecule has 0 fully saturated rings. The summed E-state index contributed by atoms with van der Waals surface area (Å²) < 4.78 is 4.66. The molecule has 0 spiro atoms. The number of aryl methyl sites for hydroxylation is 1. The number of nitrogens with one attached hydrogen (secondary N) is 1. The topological polar surface area (TPSA) is 51.0 Å². The molecule has 4 heteroatoms. The number of hydrogen-bond donors (Lipinski definition) is 1. The Morgan fingerprint density at radius 1 is 1.38 bits per heavy atom. The third-order valence-electron chi connectivity index (χ3n) is 2.34. The average molecular weight is 217 g/mol. The molecule has 0 aliphatic rings. The van der Waals surface area contributed by atoms with Crippen molar-refractivity contribution < 1.29 is 4.52 Å². The van der Waals surface area contributed by atoms with Crippen molar-refractivity contribution in [3.63, 3.8) is 0 Å². The van der Waals surface area contributed by atoms with Crippen LogP contribution in [-0.2, 0) is 13.0 Å². The van der Waals surface area contributed by atoms with E-state index in [-0.39, 0.29) is 0 Å². The minimum Gasteiger partial charge on any atom is -0.343 e. The van der Waals surface area contributed by atoms with Crippen molar-refractivity contribution in [2.24, 2.45) is 0 Å². The molecule has 0 aliphatic carbocycles. The van der Waals surface area contributed by atoms with Crippen LogP contribution in [0, 0.1) is 6.92 Å². The fourth-order valence-corrected chi connectivity index (χ4v) is 1.56. The smallest absolute Gasteiger partial charge is 0.213 e. The highest BCUT2D eigenvalue weighted by Crippen LogP contribution is 2.03. The summed E-state index contributed by atoms with van der Waals surface area (Å²) in [6, 6.07) is 8.48. The minimum atomic E-state index is 0.747. The van der Waals surface area contributed by atoms with Crippen LogP contribution < -0.4 is 5.32 Å². The van der Waals surface area contributed by atoms with Crippen molar-refractivity contribution >= 4 is 0 Å². The van der Waals surface area contributed by atoms with Crippen LogP contribution in [0.1, 0.15) is 17.0 Å². The van der Waals surface area contributed by atoms with Gasteiger partial charge >= 0.3 is 0 Å². The van der Waals surface area contributed by atoms with Gasteiger partial charge in [-0.05, 0) is 12.5 Å². The zero-order chi connectivity index (χ0) is 11.2. The maximum atomic E-state index is 4.66. The number of nitrogens with zero attached hydrogens (tertiary/aromatic N) is 2. The van der Waals surface area contributed by atoms with Gasteiger partial charge in [-0.2, -0.15) is 4.98 Å². The second-order valence-electron chi connectivity index (χ2n) is 3.76. The van der Waals surface area contributed by atoms with Gasteiger partial charge < -0.3 is 9.84 Å². The largest absolute Gasteiger partial charge is 0.343 e. The van der Waals surface area contributed by atoms with Crippen LogP contribution in [0.5, 0.6) is 0 Å². The van der Waals surface area contributed by atoms with Gasteiger partial charge in [0.2, 0.25) is 6.39 Å². The number of rotatable bonds is 5. The van der Waals surface area contributed by atoms with E-state index in [0.717, 1.165) is 25.3 Å². The zero-order valence-corrected chi connectivity index (χ0v) is 9.31. The third-order valence-corrected chi connectivity index (χ3v) is 2.34. The molecule has 0 saturated carbocycles. The first-order valence-corrected chi connectivity index (χ1v) is 5.36. The van der Waals surface area contributed by atoms with E-state index in [2.05, 4.69) is 51.2 Å². The second-order valence-corrected chi connectivity index (χ2v) is 3.76. The molecule has 1 heterocycles. The van der Waals surface area contributed by atoms with Gasteiger partial charge in [0.25, 0.3) is 0 Å². The summed E-state index contributed by atoms with van der Waals surface area (Å²) >= 11 is 0. The molecular formula is C12H15N3O. The number of aromatic nitrogens is 2. The first-order valence-electron chi connectivity index (χ1n) is 5.36. The monoisotopic (exact) mass is 217 g/mol. The van der Waals surface area contributed by atoms with Gasteiger partial charge in [0, 0.05) is 19.5 Å². The molecule has 84 valence electrons. The van der Waals surface area contributed by atoms with Gasteiger partial charge in [0.15, 0.2) is 5.82 Å². The van der Waals surface area contributed by atoms with E-state index in [1.54, 1.807) is 0 Å². The predicted molar refractivity (Wildman–Crippen MR) is 60.9 cm³/mol. The first kappa shape index (κ1) is 10.8. The van der Waals surface area contributed by atoms with Crippen LogP contribution >= 0.6 is 0 Å². The third kappa shape index (κ3) is 3.17. The van der Waals surface area contributed by atoms with Gasteiger partial charge in [0.1, 0.15) is 0 Å². The molecule has 1 aromatic heterocycles. The quantitative estimate of drug-likeness (QED) is 0.775. The molecule has 1 aromatic carbocycles. The van der Waals surface area contributed by atoms with Crippen molar-refractivity contribution in [1.82, 2.24) is 15.5 Å². The lowest BCUT2D eigenvalue weighted by atomic mass is 10.1. The Bertz CT molecular complexity index is 426.